The van der Waals surface area contributed by atoms with Crippen molar-refractivity contribution in [1.29, 1.82) is 0 Å². The van der Waals surface area contributed by atoms with Gasteiger partial charge in [0.05, 0.1) is 10.9 Å². The molecule has 0 radical (unpaired) electrons. The van der Waals surface area contributed by atoms with E-state index in [1.807, 2.05) is 12.1 Å². The van der Waals surface area contributed by atoms with Crippen LogP contribution in [0.3, 0.4) is 0 Å². The first kappa shape index (κ1) is 20.3. The fourth-order valence-electron chi connectivity index (χ4n) is 3.89. The van der Waals surface area contributed by atoms with Crippen molar-refractivity contribution < 1.29 is 4.79 Å². The topological polar surface area (TPSA) is 66.9 Å². The molecule has 2 N–H and O–H groups in total. The van der Waals surface area contributed by atoms with Crippen LogP contribution in [-0.4, -0.2) is 21.5 Å². The third kappa shape index (κ3) is 4.69. The van der Waals surface area contributed by atoms with E-state index in [1.165, 1.54) is 12.8 Å². The molecule has 7 heteroatoms. The quantitative estimate of drug-likeness (QED) is 0.655. The minimum absolute atomic E-state index is 0.0624. The van der Waals surface area contributed by atoms with Gasteiger partial charge in [-0.3, -0.25) is 14.2 Å². The number of nitrogens with one attached hydrogen (secondary N) is 2. The Bertz CT molecular complexity index is 952. The van der Waals surface area contributed by atoms with Gasteiger partial charge in [0.15, 0.2) is 4.77 Å². The number of halogens is 1. The molecule has 3 atom stereocenters. The van der Waals surface area contributed by atoms with E-state index >= 15 is 0 Å². The Kier molecular flexibility index (Phi) is 6.52. The number of hydrogen-bond donors (Lipinski definition) is 2. The predicted molar refractivity (Wildman–Crippen MR) is 114 cm³/mol. The van der Waals surface area contributed by atoms with Crippen LogP contribution in [0.25, 0.3) is 10.9 Å². The Morgan fingerprint density at radius 3 is 2.93 bits per heavy atom. The fourth-order valence-corrected chi connectivity index (χ4v) is 4.53. The van der Waals surface area contributed by atoms with Gasteiger partial charge in [-0.05, 0) is 55.1 Å². The molecule has 5 nitrogen and oxygen atoms in total. The lowest BCUT2D eigenvalue weighted by molar-refractivity contribution is -0.122. The molecule has 1 heterocycles. The lowest BCUT2D eigenvalue weighted by Gasteiger charge is -2.34. The molecule has 1 aromatic carbocycles. The van der Waals surface area contributed by atoms with Crippen LogP contribution in [0.1, 0.15) is 46.0 Å². The molecular weight excluding hydrogens is 426 g/mol. The lowest BCUT2D eigenvalue weighted by Crippen LogP contribution is -2.43. The van der Waals surface area contributed by atoms with Crippen LogP contribution in [0, 0.1) is 16.6 Å². The summed E-state index contributed by atoms with van der Waals surface area (Å²) in [6.45, 7) is 4.91. The number of nitrogens with zero attached hydrogens (tertiary/aromatic N) is 1. The van der Waals surface area contributed by atoms with Gasteiger partial charge in [-0.2, -0.15) is 0 Å². The van der Waals surface area contributed by atoms with Crippen molar-refractivity contribution >= 4 is 45.0 Å². The summed E-state index contributed by atoms with van der Waals surface area (Å²) >= 11 is 8.73. The Morgan fingerprint density at radius 2 is 2.15 bits per heavy atom. The van der Waals surface area contributed by atoms with E-state index in [4.69, 9.17) is 12.2 Å². The number of fused-ring (bicyclic) bond motifs is 1. The molecule has 3 rings (SSSR count). The second-order valence-corrected chi connectivity index (χ2v) is 8.92. The molecule has 1 amide bonds. The van der Waals surface area contributed by atoms with Gasteiger partial charge in [-0.25, -0.2) is 0 Å². The number of amides is 1. The molecule has 0 saturated heterocycles. The largest absolute Gasteiger partial charge is 0.353 e. The van der Waals surface area contributed by atoms with Crippen LogP contribution < -0.4 is 10.9 Å². The minimum atomic E-state index is -0.120. The van der Waals surface area contributed by atoms with E-state index in [0.717, 1.165) is 16.4 Å². The van der Waals surface area contributed by atoms with Gasteiger partial charge in [0.1, 0.15) is 0 Å². The molecule has 1 aliphatic rings. The summed E-state index contributed by atoms with van der Waals surface area (Å²) in [5.74, 6) is 1.23. The van der Waals surface area contributed by atoms with Gasteiger partial charge in [0, 0.05) is 23.5 Å². The van der Waals surface area contributed by atoms with E-state index in [1.54, 1.807) is 10.6 Å². The maximum atomic E-state index is 12.7. The summed E-state index contributed by atoms with van der Waals surface area (Å²) in [5, 5.41) is 3.78. The van der Waals surface area contributed by atoms with E-state index in [-0.39, 0.29) is 17.5 Å². The molecule has 1 saturated carbocycles. The fraction of sp³-hybridized carbons (Fsp3) is 0.550. The van der Waals surface area contributed by atoms with E-state index in [2.05, 4.69) is 40.1 Å². The Morgan fingerprint density at radius 1 is 1.37 bits per heavy atom. The summed E-state index contributed by atoms with van der Waals surface area (Å²) in [4.78, 5) is 28.2. The highest BCUT2D eigenvalue weighted by Gasteiger charge is 2.27. The molecule has 146 valence electrons. The molecular formula is C20H26BrN3O2S. The number of rotatable bonds is 5. The van der Waals surface area contributed by atoms with Crippen LogP contribution in [0.4, 0.5) is 0 Å². The smallest absolute Gasteiger partial charge is 0.262 e. The number of aromatic nitrogens is 2. The van der Waals surface area contributed by atoms with Crippen LogP contribution >= 0.6 is 28.1 Å². The first-order valence-electron chi connectivity index (χ1n) is 9.58. The Balaban J connectivity index is 1.63. The number of carbonyl (C=O) groups is 1. The highest BCUT2D eigenvalue weighted by Crippen LogP contribution is 2.29. The molecule has 2 aromatic rings. The second kappa shape index (κ2) is 8.69. The van der Waals surface area contributed by atoms with Crippen molar-refractivity contribution in [2.75, 3.05) is 0 Å². The maximum absolute atomic E-state index is 12.7. The van der Waals surface area contributed by atoms with Crippen LogP contribution in [-0.2, 0) is 11.3 Å². The van der Waals surface area contributed by atoms with Crippen molar-refractivity contribution in [2.45, 2.75) is 58.5 Å². The van der Waals surface area contributed by atoms with E-state index in [9.17, 15) is 9.59 Å². The van der Waals surface area contributed by atoms with Crippen molar-refractivity contribution in [1.82, 2.24) is 14.9 Å². The Hall–Kier alpha value is -1.47. The van der Waals surface area contributed by atoms with Crippen molar-refractivity contribution in [3.63, 3.8) is 0 Å². The SMILES string of the molecule is C[C@H]1[C@H](C)CCC[C@H]1NC(=O)CCCn1c(=S)[nH]c2ccc(Br)cc2c1=O. The molecule has 27 heavy (non-hydrogen) atoms. The molecule has 1 aliphatic carbocycles. The van der Waals surface area contributed by atoms with Crippen molar-refractivity contribution in [3.8, 4) is 0 Å². The third-order valence-corrected chi connectivity index (χ3v) is 6.60. The summed E-state index contributed by atoms with van der Waals surface area (Å²) in [5.41, 5.74) is 0.604. The molecule has 0 unspecified atom stereocenters. The number of benzene rings is 1. The second-order valence-electron chi connectivity index (χ2n) is 7.62. The summed E-state index contributed by atoms with van der Waals surface area (Å²) in [7, 11) is 0. The number of aromatic amines is 1. The van der Waals surface area contributed by atoms with Gasteiger partial charge in [-0.15, -0.1) is 0 Å². The van der Waals surface area contributed by atoms with E-state index < -0.39 is 0 Å². The molecule has 1 fully saturated rings. The Labute approximate surface area is 172 Å². The highest BCUT2D eigenvalue weighted by atomic mass is 79.9. The normalized spacial score (nSPS) is 22.7. The van der Waals surface area contributed by atoms with Crippen molar-refractivity contribution in [2.24, 2.45) is 11.8 Å². The monoisotopic (exact) mass is 451 g/mol. The van der Waals surface area contributed by atoms with Crippen LogP contribution in [0.15, 0.2) is 27.5 Å². The lowest BCUT2D eigenvalue weighted by atomic mass is 9.78. The molecule has 0 aliphatic heterocycles. The minimum Gasteiger partial charge on any atom is -0.353 e. The zero-order valence-electron chi connectivity index (χ0n) is 15.8. The zero-order valence-corrected chi connectivity index (χ0v) is 18.2. The van der Waals surface area contributed by atoms with Gasteiger partial charge < -0.3 is 10.3 Å². The van der Waals surface area contributed by atoms with Gasteiger partial charge >= 0.3 is 0 Å². The first-order valence-corrected chi connectivity index (χ1v) is 10.8. The van der Waals surface area contributed by atoms with Gasteiger partial charge in [-0.1, -0.05) is 42.6 Å². The zero-order chi connectivity index (χ0) is 19.6. The average molecular weight is 452 g/mol. The number of carbonyl (C=O) groups excluding carboxylic acids is 1. The van der Waals surface area contributed by atoms with Gasteiger partial charge in [0.2, 0.25) is 5.91 Å². The first-order chi connectivity index (χ1) is 12.9. The van der Waals surface area contributed by atoms with E-state index in [0.29, 0.717) is 41.4 Å². The summed E-state index contributed by atoms with van der Waals surface area (Å²) in [6.07, 6.45) is 4.45. The molecule has 1 aromatic heterocycles. The number of hydrogen-bond acceptors (Lipinski definition) is 3. The molecule has 0 spiro atoms. The number of H-pyrrole nitrogens is 1. The van der Waals surface area contributed by atoms with Gasteiger partial charge in [0.25, 0.3) is 5.56 Å². The standard InChI is InChI=1S/C20H26BrN3O2S/c1-12-5-3-6-16(13(12)2)22-18(25)7-4-10-24-19(26)15-11-14(21)8-9-17(15)23-20(24)27/h8-9,11-13,16H,3-7,10H2,1-2H3,(H,22,25)(H,23,27)/t12-,13+,16-/m1/s1. The van der Waals surface area contributed by atoms with Crippen LogP contribution in [0.5, 0.6) is 0 Å². The highest BCUT2D eigenvalue weighted by molar-refractivity contribution is 9.10. The third-order valence-electron chi connectivity index (χ3n) is 5.78. The summed E-state index contributed by atoms with van der Waals surface area (Å²) < 4.78 is 2.78. The predicted octanol–water partition coefficient (Wildman–Crippen LogP) is 4.54. The van der Waals surface area contributed by atoms with Crippen LogP contribution in [0.2, 0.25) is 0 Å². The molecule has 0 bridgehead atoms. The van der Waals surface area contributed by atoms with Crippen molar-refractivity contribution in [3.05, 3.63) is 37.8 Å². The summed E-state index contributed by atoms with van der Waals surface area (Å²) in [6, 6.07) is 5.76. The maximum Gasteiger partial charge on any atom is 0.262 e. The average Bonchev–Trinajstić information content (AvgIpc) is 2.62.